The summed E-state index contributed by atoms with van der Waals surface area (Å²) in [5.74, 6) is -0.842. The van der Waals surface area contributed by atoms with E-state index in [1.54, 1.807) is 0 Å². The van der Waals surface area contributed by atoms with E-state index < -0.39 is 6.10 Å². The molecule has 0 spiro atoms. The Hall–Kier alpha value is -1.59. The van der Waals surface area contributed by atoms with Gasteiger partial charge in [0.05, 0.1) is 0 Å². The van der Waals surface area contributed by atoms with Crippen LogP contribution >= 0.6 is 0 Å². The van der Waals surface area contributed by atoms with Gasteiger partial charge in [-0.2, -0.15) is 0 Å². The van der Waals surface area contributed by atoms with Crippen LogP contribution in [0.25, 0.3) is 0 Å². The zero-order valence-corrected chi connectivity index (χ0v) is 38.6. The molecule has 0 bridgehead atoms. The number of esters is 3. The fourth-order valence-electron chi connectivity index (χ4n) is 7.74. The Balaban J connectivity index is 4.30. The topological polar surface area (TPSA) is 78.9 Å². The highest BCUT2D eigenvalue weighted by molar-refractivity contribution is 5.71. The summed E-state index contributed by atoms with van der Waals surface area (Å²) in [4.78, 5) is 37.9. The Morgan fingerprint density at radius 2 is 0.474 bits per heavy atom. The molecular formula is C51H98O6. The number of ether oxygens (including phenoxy) is 3. The lowest BCUT2D eigenvalue weighted by atomic mass is 10.0. The van der Waals surface area contributed by atoms with Crippen molar-refractivity contribution >= 4 is 17.9 Å². The van der Waals surface area contributed by atoms with E-state index >= 15 is 0 Å². The summed E-state index contributed by atoms with van der Waals surface area (Å²) < 4.78 is 16.8. The maximum absolute atomic E-state index is 12.8. The number of unbranched alkanes of at least 4 members (excludes halogenated alkanes) is 36. The summed E-state index contributed by atoms with van der Waals surface area (Å²) in [6, 6.07) is 0. The van der Waals surface area contributed by atoms with Crippen LogP contribution in [0.5, 0.6) is 0 Å². The maximum atomic E-state index is 12.8. The molecule has 6 heteroatoms. The van der Waals surface area contributed by atoms with Crippen molar-refractivity contribution in [2.75, 3.05) is 13.2 Å². The van der Waals surface area contributed by atoms with Crippen LogP contribution in [0, 0.1) is 0 Å². The molecule has 1 unspecified atom stereocenters. The minimum Gasteiger partial charge on any atom is -0.462 e. The molecule has 0 radical (unpaired) electrons. The number of carbonyl (C=O) groups is 3. The molecule has 0 aromatic heterocycles. The second-order valence-corrected chi connectivity index (χ2v) is 17.5. The van der Waals surface area contributed by atoms with Crippen LogP contribution in [0.4, 0.5) is 0 Å². The predicted molar refractivity (Wildman–Crippen MR) is 243 cm³/mol. The molecule has 0 aliphatic heterocycles. The predicted octanol–water partition coefficient (Wildman–Crippen LogP) is 16.4. The highest BCUT2D eigenvalue weighted by atomic mass is 16.6. The van der Waals surface area contributed by atoms with E-state index in [0.717, 1.165) is 57.8 Å². The Morgan fingerprint density at radius 1 is 0.281 bits per heavy atom. The van der Waals surface area contributed by atoms with Crippen molar-refractivity contribution in [2.24, 2.45) is 0 Å². The first-order valence-corrected chi connectivity index (χ1v) is 25.5. The Bertz CT molecular complexity index is 844. The first-order chi connectivity index (χ1) is 28.0. The summed E-state index contributed by atoms with van der Waals surface area (Å²) in [5.41, 5.74) is 0. The van der Waals surface area contributed by atoms with Gasteiger partial charge in [0.25, 0.3) is 0 Å². The summed E-state index contributed by atoms with van der Waals surface area (Å²) in [5, 5.41) is 0. The molecule has 0 saturated carbocycles. The fraction of sp³-hybridized carbons (Fsp3) is 0.941. The molecule has 338 valence electrons. The third-order valence-electron chi connectivity index (χ3n) is 11.6. The van der Waals surface area contributed by atoms with Gasteiger partial charge in [0.1, 0.15) is 13.2 Å². The van der Waals surface area contributed by atoms with Crippen molar-refractivity contribution in [3.63, 3.8) is 0 Å². The van der Waals surface area contributed by atoms with E-state index in [4.69, 9.17) is 14.2 Å². The molecule has 6 nitrogen and oxygen atoms in total. The highest BCUT2D eigenvalue weighted by Crippen LogP contribution is 2.17. The molecular weight excluding hydrogens is 709 g/mol. The van der Waals surface area contributed by atoms with Crippen molar-refractivity contribution in [2.45, 2.75) is 297 Å². The number of rotatable bonds is 47. The van der Waals surface area contributed by atoms with Crippen LogP contribution < -0.4 is 0 Å². The number of hydrogen-bond acceptors (Lipinski definition) is 6. The lowest BCUT2D eigenvalue weighted by Crippen LogP contribution is -2.30. The average molecular weight is 807 g/mol. The standard InChI is InChI=1S/C51H98O6/c1-4-7-10-13-16-19-22-24-25-27-30-33-36-39-42-45-51(54)57-48(46-55-49(52)43-40-37-34-31-28-21-18-15-12-9-6-3)47-56-50(53)44-41-38-35-32-29-26-23-20-17-14-11-8-5-2/h48H,4-47H2,1-3H3. The minimum atomic E-state index is -0.759. The molecule has 0 N–H and O–H groups in total. The second kappa shape index (κ2) is 47.1. The number of carbonyl (C=O) groups excluding carboxylic acids is 3. The summed E-state index contributed by atoms with van der Waals surface area (Å²) >= 11 is 0. The van der Waals surface area contributed by atoms with Gasteiger partial charge in [0, 0.05) is 19.3 Å². The van der Waals surface area contributed by atoms with E-state index in [9.17, 15) is 14.4 Å². The average Bonchev–Trinajstić information content (AvgIpc) is 3.21. The summed E-state index contributed by atoms with van der Waals surface area (Å²) in [6.07, 6.45) is 49.4. The van der Waals surface area contributed by atoms with Crippen molar-refractivity contribution in [3.05, 3.63) is 0 Å². The molecule has 0 heterocycles. The van der Waals surface area contributed by atoms with Crippen molar-refractivity contribution in [3.8, 4) is 0 Å². The van der Waals surface area contributed by atoms with Crippen LogP contribution in [0.3, 0.4) is 0 Å². The van der Waals surface area contributed by atoms with Crippen molar-refractivity contribution in [1.82, 2.24) is 0 Å². The van der Waals surface area contributed by atoms with Gasteiger partial charge in [0.15, 0.2) is 6.10 Å². The smallest absolute Gasteiger partial charge is 0.306 e. The van der Waals surface area contributed by atoms with E-state index in [1.165, 1.54) is 193 Å². The van der Waals surface area contributed by atoms with Crippen molar-refractivity contribution < 1.29 is 28.6 Å². The van der Waals surface area contributed by atoms with Crippen LogP contribution in [0.1, 0.15) is 290 Å². The van der Waals surface area contributed by atoms with E-state index in [0.29, 0.717) is 19.3 Å². The van der Waals surface area contributed by atoms with Gasteiger partial charge in [0.2, 0.25) is 0 Å². The molecule has 0 aromatic carbocycles. The fourth-order valence-corrected chi connectivity index (χ4v) is 7.74. The molecule has 0 amide bonds. The first kappa shape index (κ1) is 55.4. The lowest BCUT2D eigenvalue weighted by Gasteiger charge is -2.18. The largest absolute Gasteiger partial charge is 0.462 e. The Morgan fingerprint density at radius 3 is 0.702 bits per heavy atom. The monoisotopic (exact) mass is 807 g/mol. The highest BCUT2D eigenvalue weighted by Gasteiger charge is 2.19. The molecule has 57 heavy (non-hydrogen) atoms. The van der Waals surface area contributed by atoms with Gasteiger partial charge < -0.3 is 14.2 Å². The zero-order chi connectivity index (χ0) is 41.5. The SMILES string of the molecule is CCCCCCCCCCCCCCCCCC(=O)OC(COC(=O)CCCCCCCCCCCCC)COC(=O)CCCCCCCCCCCCCCC. The van der Waals surface area contributed by atoms with Gasteiger partial charge >= 0.3 is 17.9 Å². The molecule has 0 aromatic rings. The quantitative estimate of drug-likeness (QED) is 0.0346. The van der Waals surface area contributed by atoms with Crippen LogP contribution in [0.2, 0.25) is 0 Å². The summed E-state index contributed by atoms with van der Waals surface area (Å²) in [6.45, 7) is 6.67. The normalized spacial score (nSPS) is 11.8. The molecule has 0 aliphatic carbocycles. The Labute approximate surface area is 355 Å². The van der Waals surface area contributed by atoms with Gasteiger partial charge in [-0.25, -0.2) is 0 Å². The van der Waals surface area contributed by atoms with Crippen LogP contribution in [-0.2, 0) is 28.6 Å². The van der Waals surface area contributed by atoms with Crippen molar-refractivity contribution in [1.29, 1.82) is 0 Å². The third kappa shape index (κ3) is 45.3. The first-order valence-electron chi connectivity index (χ1n) is 25.5. The van der Waals surface area contributed by atoms with Gasteiger partial charge in [-0.1, -0.05) is 252 Å². The molecule has 0 saturated heterocycles. The maximum Gasteiger partial charge on any atom is 0.306 e. The van der Waals surface area contributed by atoms with Gasteiger partial charge in [-0.15, -0.1) is 0 Å². The zero-order valence-electron chi connectivity index (χ0n) is 38.6. The van der Waals surface area contributed by atoms with Gasteiger partial charge in [-0.05, 0) is 19.3 Å². The third-order valence-corrected chi connectivity index (χ3v) is 11.6. The number of hydrogen-bond donors (Lipinski definition) is 0. The van der Waals surface area contributed by atoms with Crippen LogP contribution in [0.15, 0.2) is 0 Å². The van der Waals surface area contributed by atoms with Crippen LogP contribution in [-0.4, -0.2) is 37.2 Å². The molecule has 0 aliphatic rings. The molecule has 0 fully saturated rings. The van der Waals surface area contributed by atoms with E-state index in [2.05, 4.69) is 20.8 Å². The van der Waals surface area contributed by atoms with E-state index in [1.807, 2.05) is 0 Å². The lowest BCUT2D eigenvalue weighted by molar-refractivity contribution is -0.167. The second-order valence-electron chi connectivity index (χ2n) is 17.5. The molecule has 1 atom stereocenters. The Kier molecular flexibility index (Phi) is 45.8. The molecule has 0 rings (SSSR count). The minimum absolute atomic E-state index is 0.0619. The summed E-state index contributed by atoms with van der Waals surface area (Å²) in [7, 11) is 0. The van der Waals surface area contributed by atoms with Gasteiger partial charge in [-0.3, -0.25) is 14.4 Å². The van der Waals surface area contributed by atoms with E-state index in [-0.39, 0.29) is 31.1 Å².